The summed E-state index contributed by atoms with van der Waals surface area (Å²) in [6.45, 7) is 0.829. The number of fused-ring (bicyclic) bond motifs is 1. The summed E-state index contributed by atoms with van der Waals surface area (Å²) in [5, 5.41) is 11.0. The molecule has 1 aromatic carbocycles. The van der Waals surface area contributed by atoms with Crippen LogP contribution in [0.1, 0.15) is 35.1 Å². The van der Waals surface area contributed by atoms with Crippen LogP contribution in [0.15, 0.2) is 28.7 Å². The van der Waals surface area contributed by atoms with Crippen molar-refractivity contribution >= 4 is 32.4 Å². The van der Waals surface area contributed by atoms with E-state index in [1.165, 1.54) is 5.56 Å². The molecule has 1 N–H and O–H groups in total. The molecule has 1 aliphatic rings. The second kappa shape index (κ2) is 5.84. The van der Waals surface area contributed by atoms with Crippen molar-refractivity contribution in [3.8, 4) is 0 Å². The maximum absolute atomic E-state index is 10.0. The molecule has 5 heteroatoms. The smallest absolute Gasteiger partial charge is 0.185 e. The van der Waals surface area contributed by atoms with Crippen molar-refractivity contribution in [3.05, 3.63) is 44.9 Å². The number of aliphatic hydroxyl groups is 1. The average Bonchev–Trinajstić information content (AvgIpc) is 2.87. The van der Waals surface area contributed by atoms with Gasteiger partial charge in [-0.15, -0.1) is 0 Å². The summed E-state index contributed by atoms with van der Waals surface area (Å²) in [6.07, 6.45) is 2.58. The first-order valence-electron chi connectivity index (χ1n) is 6.77. The zero-order valence-corrected chi connectivity index (χ0v) is 13.7. The highest BCUT2D eigenvalue weighted by atomic mass is 79.9. The van der Waals surface area contributed by atoms with Gasteiger partial charge in [0, 0.05) is 18.1 Å². The molecule has 20 heavy (non-hydrogen) atoms. The number of aromatic nitrogens is 1. The normalized spacial score (nSPS) is 17.9. The van der Waals surface area contributed by atoms with E-state index in [4.69, 9.17) is 4.98 Å². The molecule has 2 aromatic rings. The van der Waals surface area contributed by atoms with Crippen LogP contribution in [0.25, 0.3) is 0 Å². The van der Waals surface area contributed by atoms with Gasteiger partial charge in [0.1, 0.15) is 0 Å². The lowest BCUT2D eigenvalue weighted by Gasteiger charge is -2.15. The van der Waals surface area contributed by atoms with Crippen molar-refractivity contribution in [2.45, 2.75) is 31.9 Å². The van der Waals surface area contributed by atoms with E-state index in [1.54, 1.807) is 11.3 Å². The van der Waals surface area contributed by atoms with Gasteiger partial charge < -0.3 is 10.0 Å². The molecule has 1 atom stereocenters. The Labute approximate surface area is 131 Å². The van der Waals surface area contributed by atoms with Crippen molar-refractivity contribution in [3.63, 3.8) is 0 Å². The molecule has 0 amide bonds. The summed E-state index contributed by atoms with van der Waals surface area (Å²) in [6, 6.07) is 8.34. The van der Waals surface area contributed by atoms with Crippen LogP contribution < -0.4 is 4.90 Å². The number of hydrogen-bond donors (Lipinski definition) is 1. The van der Waals surface area contributed by atoms with Crippen LogP contribution in [-0.2, 0) is 13.0 Å². The Kier molecular flexibility index (Phi) is 4.10. The fraction of sp³-hybridized carbons (Fsp3) is 0.400. The van der Waals surface area contributed by atoms with Crippen molar-refractivity contribution in [1.29, 1.82) is 0 Å². The Bertz CT molecular complexity index is 596. The number of nitrogens with zero attached hydrogens (tertiary/aromatic N) is 2. The molecule has 0 saturated carbocycles. The third-order valence-corrected chi connectivity index (χ3v) is 5.41. The van der Waals surface area contributed by atoms with Crippen molar-refractivity contribution in [2.75, 3.05) is 11.9 Å². The van der Waals surface area contributed by atoms with Gasteiger partial charge in [0.05, 0.1) is 16.7 Å². The molecule has 1 heterocycles. The van der Waals surface area contributed by atoms with Crippen LogP contribution in [0.4, 0.5) is 5.13 Å². The molecule has 1 aliphatic carbocycles. The van der Waals surface area contributed by atoms with Gasteiger partial charge in [-0.1, -0.05) is 39.4 Å². The fourth-order valence-electron chi connectivity index (χ4n) is 2.48. The lowest BCUT2D eigenvalue weighted by Crippen LogP contribution is -2.16. The Morgan fingerprint density at radius 1 is 1.40 bits per heavy atom. The van der Waals surface area contributed by atoms with Gasteiger partial charge in [-0.2, -0.15) is 0 Å². The van der Waals surface area contributed by atoms with Gasteiger partial charge in [-0.05, 0) is 37.0 Å². The van der Waals surface area contributed by atoms with Gasteiger partial charge >= 0.3 is 0 Å². The van der Waals surface area contributed by atoms with E-state index in [1.807, 2.05) is 0 Å². The quantitative estimate of drug-likeness (QED) is 0.909. The van der Waals surface area contributed by atoms with E-state index in [2.05, 4.69) is 52.1 Å². The first-order chi connectivity index (χ1) is 9.63. The van der Waals surface area contributed by atoms with Crippen LogP contribution in [-0.4, -0.2) is 17.1 Å². The van der Waals surface area contributed by atoms with E-state index in [0.717, 1.165) is 46.0 Å². The van der Waals surface area contributed by atoms with Crippen LogP contribution >= 0.6 is 27.3 Å². The largest absolute Gasteiger partial charge is 0.388 e. The molecule has 0 saturated heterocycles. The van der Waals surface area contributed by atoms with Gasteiger partial charge in [0.2, 0.25) is 0 Å². The first kappa shape index (κ1) is 14.0. The topological polar surface area (TPSA) is 36.4 Å². The van der Waals surface area contributed by atoms with E-state index < -0.39 is 0 Å². The van der Waals surface area contributed by atoms with Gasteiger partial charge in [0.25, 0.3) is 0 Å². The molecular formula is C15H17BrN2OS. The molecule has 1 unspecified atom stereocenters. The van der Waals surface area contributed by atoms with Gasteiger partial charge in [-0.3, -0.25) is 0 Å². The minimum absolute atomic E-state index is 0.314. The second-order valence-corrected chi connectivity index (χ2v) is 7.12. The molecule has 0 fully saturated rings. The zero-order chi connectivity index (χ0) is 14.1. The lowest BCUT2D eigenvalue weighted by atomic mass is 10.0. The summed E-state index contributed by atoms with van der Waals surface area (Å²) in [4.78, 5) is 7.91. The summed E-state index contributed by atoms with van der Waals surface area (Å²) in [5.74, 6) is 0. The third-order valence-electron chi connectivity index (χ3n) is 3.57. The highest BCUT2D eigenvalue weighted by molar-refractivity contribution is 9.10. The van der Waals surface area contributed by atoms with Crippen LogP contribution in [0.2, 0.25) is 0 Å². The van der Waals surface area contributed by atoms with Crippen LogP contribution in [0, 0.1) is 0 Å². The summed E-state index contributed by atoms with van der Waals surface area (Å²) in [7, 11) is 2.05. The summed E-state index contributed by atoms with van der Waals surface area (Å²) in [5.41, 5.74) is 2.34. The second-order valence-electron chi connectivity index (χ2n) is 5.20. The predicted molar refractivity (Wildman–Crippen MR) is 86.3 cm³/mol. The SMILES string of the molecule is CN(Cc1ccc(Br)cc1)c1nc2c(s1)C(O)CCC2. The molecule has 1 aromatic heterocycles. The zero-order valence-electron chi connectivity index (χ0n) is 11.3. The highest BCUT2D eigenvalue weighted by Gasteiger charge is 2.23. The monoisotopic (exact) mass is 352 g/mol. The summed E-state index contributed by atoms with van der Waals surface area (Å²) < 4.78 is 1.09. The third kappa shape index (κ3) is 2.90. The number of aliphatic hydroxyl groups excluding tert-OH is 1. The molecule has 3 nitrogen and oxygen atoms in total. The van der Waals surface area contributed by atoms with Gasteiger partial charge in [0.15, 0.2) is 5.13 Å². The van der Waals surface area contributed by atoms with Crippen molar-refractivity contribution in [1.82, 2.24) is 4.98 Å². The Hall–Kier alpha value is -0.910. The van der Waals surface area contributed by atoms with E-state index in [9.17, 15) is 5.11 Å². The van der Waals surface area contributed by atoms with Crippen LogP contribution in [0.5, 0.6) is 0 Å². The molecule has 3 rings (SSSR count). The number of benzene rings is 1. The molecule has 0 aliphatic heterocycles. The Morgan fingerprint density at radius 2 is 2.15 bits per heavy atom. The number of halogens is 1. The van der Waals surface area contributed by atoms with E-state index in [-0.39, 0.29) is 6.10 Å². The fourth-order valence-corrected chi connectivity index (χ4v) is 3.84. The van der Waals surface area contributed by atoms with E-state index >= 15 is 0 Å². The molecule has 0 spiro atoms. The minimum atomic E-state index is -0.314. The summed E-state index contributed by atoms with van der Waals surface area (Å²) >= 11 is 5.08. The number of hydrogen-bond acceptors (Lipinski definition) is 4. The Balaban J connectivity index is 1.77. The highest BCUT2D eigenvalue weighted by Crippen LogP contribution is 2.37. The van der Waals surface area contributed by atoms with Gasteiger partial charge in [-0.25, -0.2) is 4.98 Å². The number of anilines is 1. The molecular weight excluding hydrogens is 336 g/mol. The maximum Gasteiger partial charge on any atom is 0.185 e. The molecule has 0 bridgehead atoms. The minimum Gasteiger partial charge on any atom is -0.388 e. The van der Waals surface area contributed by atoms with Crippen molar-refractivity contribution in [2.24, 2.45) is 0 Å². The van der Waals surface area contributed by atoms with Crippen LogP contribution in [0.3, 0.4) is 0 Å². The lowest BCUT2D eigenvalue weighted by molar-refractivity contribution is 0.160. The molecule has 106 valence electrons. The average molecular weight is 353 g/mol. The standard InChI is InChI=1S/C15H17BrN2OS/c1-18(9-10-5-7-11(16)8-6-10)15-17-12-3-2-4-13(19)14(12)20-15/h5-8,13,19H,2-4,9H2,1H3. The number of thiazole rings is 1. The molecule has 0 radical (unpaired) electrons. The Morgan fingerprint density at radius 3 is 2.85 bits per heavy atom. The predicted octanol–water partition coefficient (Wildman–Crippen LogP) is 3.91. The number of aryl methyl sites for hydroxylation is 1. The number of rotatable bonds is 3. The van der Waals surface area contributed by atoms with E-state index in [0.29, 0.717) is 0 Å². The first-order valence-corrected chi connectivity index (χ1v) is 8.37. The van der Waals surface area contributed by atoms with Crippen molar-refractivity contribution < 1.29 is 5.11 Å². The maximum atomic E-state index is 10.0.